The molecule has 2 N–H and O–H groups in total. The molecule has 0 bridgehead atoms. The van der Waals surface area contributed by atoms with Gasteiger partial charge in [-0.05, 0) is 42.9 Å². The maximum Gasteiger partial charge on any atom is 0.243 e. The number of allylic oxidation sites excluding steroid dienone is 2. The topological polar surface area (TPSA) is 95.6 Å². The maximum atomic E-state index is 12.9. The van der Waals surface area contributed by atoms with Crippen molar-refractivity contribution in [3.05, 3.63) is 47.8 Å². The molecule has 0 aromatic heterocycles. The highest BCUT2D eigenvalue weighted by molar-refractivity contribution is 6.08. The molecule has 1 fully saturated rings. The van der Waals surface area contributed by atoms with E-state index in [9.17, 15) is 23.6 Å². The molecular formula is C24H30FN3O4. The van der Waals surface area contributed by atoms with Gasteiger partial charge in [0.25, 0.3) is 0 Å². The number of rotatable bonds is 9. The van der Waals surface area contributed by atoms with Gasteiger partial charge in [0.2, 0.25) is 23.6 Å². The Kier molecular flexibility index (Phi) is 7.77. The lowest BCUT2D eigenvalue weighted by Gasteiger charge is -2.27. The fraction of sp³-hybridized carbons (Fsp3) is 0.500. The van der Waals surface area contributed by atoms with Crippen LogP contribution in [0.25, 0.3) is 0 Å². The average Bonchev–Trinajstić information content (AvgIpc) is 3.01. The second kappa shape index (κ2) is 10.5. The van der Waals surface area contributed by atoms with Gasteiger partial charge >= 0.3 is 0 Å². The maximum absolute atomic E-state index is 12.9. The van der Waals surface area contributed by atoms with Crippen molar-refractivity contribution in [2.45, 2.75) is 45.6 Å². The van der Waals surface area contributed by atoms with Gasteiger partial charge in [0.15, 0.2) is 0 Å². The number of nitrogens with one attached hydrogen (secondary N) is 2. The normalized spacial score (nSPS) is 20.9. The van der Waals surface area contributed by atoms with Crippen molar-refractivity contribution in [3.8, 4) is 0 Å². The molecule has 4 amide bonds. The van der Waals surface area contributed by atoms with E-state index in [1.807, 2.05) is 26.0 Å². The van der Waals surface area contributed by atoms with Crippen LogP contribution in [0.5, 0.6) is 0 Å². The molecule has 1 heterocycles. The number of hydrogen-bond donors (Lipinski definition) is 2. The highest BCUT2D eigenvalue weighted by atomic mass is 19.1. The van der Waals surface area contributed by atoms with Gasteiger partial charge in [-0.2, -0.15) is 0 Å². The number of fused-ring (bicyclic) bond motifs is 1. The summed E-state index contributed by atoms with van der Waals surface area (Å²) in [6, 6.07) is 4.83. The number of hydrogen-bond acceptors (Lipinski definition) is 4. The largest absolute Gasteiger partial charge is 0.354 e. The smallest absolute Gasteiger partial charge is 0.243 e. The molecule has 172 valence electrons. The zero-order valence-electron chi connectivity index (χ0n) is 18.5. The summed E-state index contributed by atoms with van der Waals surface area (Å²) in [5.41, 5.74) is 0.687. The summed E-state index contributed by atoms with van der Waals surface area (Å²) in [5, 5.41) is 5.45. The fourth-order valence-electron chi connectivity index (χ4n) is 4.26. The van der Waals surface area contributed by atoms with Crippen LogP contribution < -0.4 is 10.6 Å². The van der Waals surface area contributed by atoms with Crippen molar-refractivity contribution < 1.29 is 23.6 Å². The van der Waals surface area contributed by atoms with E-state index in [2.05, 4.69) is 10.6 Å². The van der Waals surface area contributed by atoms with Gasteiger partial charge < -0.3 is 10.6 Å². The van der Waals surface area contributed by atoms with Crippen LogP contribution in [0.2, 0.25) is 0 Å². The predicted molar refractivity (Wildman–Crippen MR) is 117 cm³/mol. The Hall–Kier alpha value is -3.03. The minimum atomic E-state index is -0.851. The summed E-state index contributed by atoms with van der Waals surface area (Å²) < 4.78 is 12.9. The molecule has 0 spiro atoms. The van der Waals surface area contributed by atoms with Crippen LogP contribution in [-0.2, 0) is 25.6 Å². The number of likely N-dealkylation sites (tertiary alicyclic amines) is 1. The second-order valence-electron chi connectivity index (χ2n) is 8.79. The highest BCUT2D eigenvalue weighted by Gasteiger charge is 2.51. The van der Waals surface area contributed by atoms with E-state index in [4.69, 9.17) is 0 Å². The van der Waals surface area contributed by atoms with Gasteiger partial charge in [0.05, 0.1) is 18.3 Å². The number of imide groups is 1. The van der Waals surface area contributed by atoms with E-state index < -0.39 is 6.04 Å². The van der Waals surface area contributed by atoms with E-state index in [0.29, 0.717) is 24.8 Å². The van der Waals surface area contributed by atoms with Crippen molar-refractivity contribution in [1.29, 1.82) is 0 Å². The van der Waals surface area contributed by atoms with E-state index in [1.165, 1.54) is 17.0 Å². The minimum Gasteiger partial charge on any atom is -0.354 e. The predicted octanol–water partition coefficient (Wildman–Crippen LogP) is 1.97. The van der Waals surface area contributed by atoms with Crippen LogP contribution in [0.3, 0.4) is 0 Å². The molecule has 1 aliphatic heterocycles. The van der Waals surface area contributed by atoms with E-state index in [-0.39, 0.29) is 66.7 Å². The van der Waals surface area contributed by atoms with Gasteiger partial charge in [-0.1, -0.05) is 38.1 Å². The van der Waals surface area contributed by atoms with E-state index in [0.717, 1.165) is 0 Å². The first-order chi connectivity index (χ1) is 15.3. The van der Waals surface area contributed by atoms with Crippen molar-refractivity contribution in [2.75, 3.05) is 13.1 Å². The van der Waals surface area contributed by atoms with Gasteiger partial charge in [-0.3, -0.25) is 24.1 Å². The lowest BCUT2D eigenvalue weighted by Crippen LogP contribution is -2.51. The number of carbonyl (C=O) groups is 4. The van der Waals surface area contributed by atoms with Crippen LogP contribution in [0.4, 0.5) is 4.39 Å². The summed E-state index contributed by atoms with van der Waals surface area (Å²) in [4.78, 5) is 51.9. The third kappa shape index (κ3) is 5.60. The molecule has 0 radical (unpaired) electrons. The van der Waals surface area contributed by atoms with Crippen LogP contribution >= 0.6 is 0 Å². The first-order valence-corrected chi connectivity index (χ1v) is 11.1. The first kappa shape index (κ1) is 23.6. The molecule has 32 heavy (non-hydrogen) atoms. The molecular weight excluding hydrogens is 413 g/mol. The molecule has 1 saturated heterocycles. The standard InChI is InChI=1S/C24H30FN3O4/c1-15(2)13-20(28-23(31)18-5-3-4-6-19(18)24(28)32)22(30)27-12-11-26-21(29)14-16-7-9-17(25)10-8-16/h3-4,7-10,15,18-20H,5-6,11-14H2,1-2H3,(H,26,29)(H,27,30). The Morgan fingerprint density at radius 2 is 1.56 bits per heavy atom. The summed E-state index contributed by atoms with van der Waals surface area (Å²) in [6.07, 6.45) is 5.39. The molecule has 1 aromatic carbocycles. The Labute approximate surface area is 187 Å². The lowest BCUT2D eigenvalue weighted by atomic mass is 9.85. The molecule has 3 atom stereocenters. The number of halogens is 1. The van der Waals surface area contributed by atoms with Crippen LogP contribution in [0, 0.1) is 23.6 Å². The monoisotopic (exact) mass is 443 g/mol. The van der Waals surface area contributed by atoms with Gasteiger partial charge in [0, 0.05) is 13.1 Å². The van der Waals surface area contributed by atoms with Crippen molar-refractivity contribution >= 4 is 23.6 Å². The zero-order valence-corrected chi connectivity index (χ0v) is 18.5. The third-order valence-electron chi connectivity index (χ3n) is 5.87. The number of amides is 4. The Morgan fingerprint density at radius 1 is 1.00 bits per heavy atom. The number of benzene rings is 1. The average molecular weight is 444 g/mol. The molecule has 1 aliphatic carbocycles. The summed E-state index contributed by atoms with van der Waals surface area (Å²) in [6.45, 7) is 4.26. The Bertz CT molecular complexity index is 871. The number of nitrogens with zero attached hydrogens (tertiary/aromatic N) is 1. The third-order valence-corrected chi connectivity index (χ3v) is 5.87. The minimum absolute atomic E-state index is 0.109. The summed E-state index contributed by atoms with van der Waals surface area (Å²) in [7, 11) is 0. The molecule has 2 aliphatic rings. The number of carbonyl (C=O) groups excluding carboxylic acids is 4. The molecule has 7 nitrogen and oxygen atoms in total. The summed E-state index contributed by atoms with van der Waals surface area (Å²) >= 11 is 0. The fourth-order valence-corrected chi connectivity index (χ4v) is 4.26. The van der Waals surface area contributed by atoms with Gasteiger partial charge in [-0.15, -0.1) is 0 Å². The Balaban J connectivity index is 1.52. The van der Waals surface area contributed by atoms with Crippen molar-refractivity contribution in [1.82, 2.24) is 15.5 Å². The van der Waals surface area contributed by atoms with E-state index in [1.54, 1.807) is 12.1 Å². The van der Waals surface area contributed by atoms with Crippen LogP contribution in [-0.4, -0.2) is 47.7 Å². The Morgan fingerprint density at radius 3 is 2.12 bits per heavy atom. The molecule has 3 unspecified atom stereocenters. The van der Waals surface area contributed by atoms with Crippen molar-refractivity contribution in [2.24, 2.45) is 17.8 Å². The quantitative estimate of drug-likeness (QED) is 0.347. The van der Waals surface area contributed by atoms with Gasteiger partial charge in [-0.25, -0.2) is 4.39 Å². The van der Waals surface area contributed by atoms with E-state index >= 15 is 0 Å². The molecule has 1 aromatic rings. The van der Waals surface area contributed by atoms with Crippen LogP contribution in [0.1, 0.15) is 38.7 Å². The van der Waals surface area contributed by atoms with Crippen molar-refractivity contribution in [3.63, 3.8) is 0 Å². The second-order valence-corrected chi connectivity index (χ2v) is 8.79. The van der Waals surface area contributed by atoms with Crippen LogP contribution in [0.15, 0.2) is 36.4 Å². The zero-order chi connectivity index (χ0) is 23.3. The SMILES string of the molecule is CC(C)CC(C(=O)NCCNC(=O)Cc1ccc(F)cc1)N1C(=O)C2CC=CCC2C1=O. The molecule has 0 saturated carbocycles. The highest BCUT2D eigenvalue weighted by Crippen LogP contribution is 2.37. The molecule has 8 heteroatoms. The van der Waals surface area contributed by atoms with Gasteiger partial charge in [0.1, 0.15) is 11.9 Å². The molecule has 3 rings (SSSR count). The lowest BCUT2D eigenvalue weighted by molar-refractivity contribution is -0.148. The first-order valence-electron chi connectivity index (χ1n) is 11.1. The summed E-state index contributed by atoms with van der Waals surface area (Å²) in [5.74, 6) is -2.16.